The first kappa shape index (κ1) is 31.0. The number of carbonyl (C=O) groups excluding carboxylic acids is 2. The van der Waals surface area contributed by atoms with Gasteiger partial charge in [-0.1, -0.05) is 42.5 Å². The molecule has 1 heterocycles. The van der Waals surface area contributed by atoms with Gasteiger partial charge in [0.2, 0.25) is 11.8 Å². The van der Waals surface area contributed by atoms with Gasteiger partial charge in [-0.25, -0.2) is 4.79 Å². The lowest BCUT2D eigenvalue weighted by atomic mass is 10.1. The molecule has 1 aromatic heterocycles. The Balaban J connectivity index is 1.41. The SMILES string of the molecule is Cc1nc(CCCCNC(=O)C(N)Cc2ccc(O)cc2)c(=O)[nH]c1CCC(=O)NC(Cc1ccccc1)C(=O)O. The third-order valence-corrected chi connectivity index (χ3v) is 6.65. The largest absolute Gasteiger partial charge is 0.508 e. The van der Waals surface area contributed by atoms with Crippen molar-refractivity contribution in [2.75, 3.05) is 6.54 Å². The van der Waals surface area contributed by atoms with E-state index in [4.69, 9.17) is 5.73 Å². The minimum Gasteiger partial charge on any atom is -0.508 e. The van der Waals surface area contributed by atoms with Crippen molar-refractivity contribution in [3.63, 3.8) is 0 Å². The predicted octanol–water partition coefficient (Wildman–Crippen LogP) is 1.54. The summed E-state index contributed by atoms with van der Waals surface area (Å²) in [7, 11) is 0. The molecule has 2 aromatic carbocycles. The average Bonchev–Trinajstić information content (AvgIpc) is 2.94. The monoisotopic (exact) mass is 563 g/mol. The highest BCUT2D eigenvalue weighted by molar-refractivity contribution is 5.84. The molecule has 2 unspecified atom stereocenters. The molecule has 0 spiro atoms. The zero-order chi connectivity index (χ0) is 29.8. The van der Waals surface area contributed by atoms with Gasteiger partial charge in [0.25, 0.3) is 5.56 Å². The Hall–Kier alpha value is -4.51. The van der Waals surface area contributed by atoms with Gasteiger partial charge in [-0.3, -0.25) is 19.4 Å². The number of H-pyrrole nitrogens is 1. The standard InChI is InChI=1S/C30H37N5O6/c1-19-24(14-15-27(37)34-26(30(40)41)18-20-7-3-2-4-8-20)35-29(39)25(33-19)9-5-6-16-32-28(38)23(31)17-21-10-12-22(36)13-11-21/h2-4,7-8,10-13,23,26,36H,5-6,9,14-18,31H2,1H3,(H,32,38)(H,34,37)(H,35,39)(H,40,41). The number of phenols is 1. The molecule has 218 valence electrons. The van der Waals surface area contributed by atoms with Gasteiger partial charge in [-0.05, 0) is 62.3 Å². The van der Waals surface area contributed by atoms with Crippen LogP contribution in [0.5, 0.6) is 5.75 Å². The van der Waals surface area contributed by atoms with Crippen LogP contribution in [0.15, 0.2) is 59.4 Å². The number of aromatic hydroxyl groups is 1. The second-order valence-corrected chi connectivity index (χ2v) is 9.95. The second-order valence-electron chi connectivity index (χ2n) is 9.95. The molecular weight excluding hydrogens is 526 g/mol. The van der Waals surface area contributed by atoms with Crippen molar-refractivity contribution in [3.05, 3.63) is 93.2 Å². The molecule has 11 nitrogen and oxygen atoms in total. The van der Waals surface area contributed by atoms with Gasteiger partial charge in [0.05, 0.1) is 11.7 Å². The summed E-state index contributed by atoms with van der Waals surface area (Å²) in [4.78, 5) is 56.1. The summed E-state index contributed by atoms with van der Waals surface area (Å²) in [5.74, 6) is -1.66. The molecule has 7 N–H and O–H groups in total. The number of amides is 2. The van der Waals surface area contributed by atoms with Crippen LogP contribution in [-0.4, -0.2) is 56.6 Å². The summed E-state index contributed by atoms with van der Waals surface area (Å²) < 4.78 is 0. The Morgan fingerprint density at radius 1 is 0.976 bits per heavy atom. The van der Waals surface area contributed by atoms with E-state index in [1.807, 2.05) is 18.2 Å². The number of aromatic nitrogens is 2. The molecule has 0 saturated heterocycles. The third kappa shape index (κ3) is 10.2. The van der Waals surface area contributed by atoms with Crippen molar-refractivity contribution in [1.29, 1.82) is 0 Å². The minimum atomic E-state index is -1.12. The fourth-order valence-corrected chi connectivity index (χ4v) is 4.33. The number of unbranched alkanes of at least 4 members (excludes halogenated alkanes) is 1. The lowest BCUT2D eigenvalue weighted by Crippen LogP contribution is -2.42. The summed E-state index contributed by atoms with van der Waals surface area (Å²) in [6, 6.07) is 13.8. The average molecular weight is 564 g/mol. The number of carboxylic acid groups (broad SMARTS) is 1. The topological polar surface area (TPSA) is 187 Å². The van der Waals surface area contributed by atoms with Crippen LogP contribution in [0.2, 0.25) is 0 Å². The Morgan fingerprint density at radius 3 is 2.34 bits per heavy atom. The first-order valence-corrected chi connectivity index (χ1v) is 13.6. The van der Waals surface area contributed by atoms with E-state index in [0.717, 1.165) is 11.1 Å². The van der Waals surface area contributed by atoms with Crippen molar-refractivity contribution >= 4 is 17.8 Å². The molecule has 0 aliphatic carbocycles. The lowest BCUT2D eigenvalue weighted by Gasteiger charge is -2.15. The number of benzene rings is 2. The van der Waals surface area contributed by atoms with Crippen LogP contribution in [0.3, 0.4) is 0 Å². The van der Waals surface area contributed by atoms with E-state index in [-0.39, 0.29) is 36.5 Å². The smallest absolute Gasteiger partial charge is 0.326 e. The number of carbonyl (C=O) groups is 3. The number of nitrogens with one attached hydrogen (secondary N) is 3. The number of phenolic OH excluding ortho intramolecular Hbond substituents is 1. The molecular formula is C30H37N5O6. The molecule has 0 aliphatic rings. The Labute approximate surface area is 238 Å². The maximum Gasteiger partial charge on any atom is 0.326 e. The van der Waals surface area contributed by atoms with Crippen LogP contribution < -0.4 is 21.9 Å². The summed E-state index contributed by atoms with van der Waals surface area (Å²) in [5, 5.41) is 24.2. The molecule has 41 heavy (non-hydrogen) atoms. The predicted molar refractivity (Wildman–Crippen MR) is 153 cm³/mol. The number of hydrogen-bond acceptors (Lipinski definition) is 7. The molecule has 0 bridgehead atoms. The number of nitrogens with two attached hydrogens (primary N) is 1. The molecule has 2 amide bonds. The van der Waals surface area contributed by atoms with E-state index < -0.39 is 24.0 Å². The highest BCUT2D eigenvalue weighted by Crippen LogP contribution is 2.11. The van der Waals surface area contributed by atoms with Crippen LogP contribution in [0, 0.1) is 6.92 Å². The number of hydrogen-bond donors (Lipinski definition) is 6. The van der Waals surface area contributed by atoms with E-state index in [2.05, 4.69) is 20.6 Å². The van der Waals surface area contributed by atoms with Gasteiger partial charge in [-0.2, -0.15) is 0 Å². The van der Waals surface area contributed by atoms with Crippen LogP contribution in [0.4, 0.5) is 0 Å². The number of carboxylic acids is 1. The zero-order valence-corrected chi connectivity index (χ0v) is 23.1. The maximum atomic E-state index is 12.6. The number of nitrogens with zero attached hydrogens (tertiary/aromatic N) is 1. The van der Waals surface area contributed by atoms with Crippen molar-refractivity contribution < 1.29 is 24.6 Å². The molecule has 0 radical (unpaired) electrons. The molecule has 0 fully saturated rings. The molecule has 3 rings (SSSR count). The second kappa shape index (κ2) is 15.3. The number of aromatic amines is 1. The van der Waals surface area contributed by atoms with Gasteiger partial charge in [0.1, 0.15) is 17.5 Å². The molecule has 3 aromatic rings. The maximum absolute atomic E-state index is 12.6. The number of rotatable bonds is 15. The van der Waals surface area contributed by atoms with Gasteiger partial charge in [0, 0.05) is 25.1 Å². The molecule has 0 saturated carbocycles. The van der Waals surface area contributed by atoms with E-state index in [0.29, 0.717) is 49.3 Å². The van der Waals surface area contributed by atoms with Gasteiger partial charge < -0.3 is 31.6 Å². The normalized spacial score (nSPS) is 12.3. The van der Waals surface area contributed by atoms with E-state index >= 15 is 0 Å². The number of aliphatic carboxylic acids is 1. The van der Waals surface area contributed by atoms with Crippen LogP contribution >= 0.6 is 0 Å². The highest BCUT2D eigenvalue weighted by Gasteiger charge is 2.21. The Kier molecular flexibility index (Phi) is 11.6. The van der Waals surface area contributed by atoms with Crippen LogP contribution in [-0.2, 0) is 40.1 Å². The van der Waals surface area contributed by atoms with Crippen molar-refractivity contribution in [2.45, 2.75) is 64.0 Å². The first-order valence-electron chi connectivity index (χ1n) is 13.6. The van der Waals surface area contributed by atoms with E-state index in [9.17, 15) is 29.4 Å². The fourth-order valence-electron chi connectivity index (χ4n) is 4.33. The Bertz CT molecular complexity index is 1370. The summed E-state index contributed by atoms with van der Waals surface area (Å²) >= 11 is 0. The van der Waals surface area contributed by atoms with Crippen LogP contribution in [0.1, 0.15) is 47.5 Å². The number of aryl methyl sites for hydroxylation is 3. The van der Waals surface area contributed by atoms with Gasteiger partial charge >= 0.3 is 5.97 Å². The van der Waals surface area contributed by atoms with E-state index in [1.54, 1.807) is 43.3 Å². The first-order chi connectivity index (χ1) is 19.6. The molecule has 0 aliphatic heterocycles. The molecule has 11 heteroatoms. The fraction of sp³-hybridized carbons (Fsp3) is 0.367. The van der Waals surface area contributed by atoms with Crippen molar-refractivity contribution in [2.24, 2.45) is 5.73 Å². The molecule has 2 atom stereocenters. The van der Waals surface area contributed by atoms with Gasteiger partial charge in [0.15, 0.2) is 0 Å². The summed E-state index contributed by atoms with van der Waals surface area (Å²) in [6.45, 7) is 2.16. The van der Waals surface area contributed by atoms with Crippen molar-refractivity contribution in [3.8, 4) is 5.75 Å². The van der Waals surface area contributed by atoms with Crippen molar-refractivity contribution in [1.82, 2.24) is 20.6 Å². The van der Waals surface area contributed by atoms with Crippen LogP contribution in [0.25, 0.3) is 0 Å². The summed E-state index contributed by atoms with van der Waals surface area (Å²) in [6.07, 6.45) is 2.43. The van der Waals surface area contributed by atoms with Gasteiger partial charge in [-0.15, -0.1) is 0 Å². The third-order valence-electron chi connectivity index (χ3n) is 6.65. The quantitative estimate of drug-likeness (QED) is 0.150. The minimum absolute atomic E-state index is 0.00492. The lowest BCUT2D eigenvalue weighted by molar-refractivity contribution is -0.141. The Morgan fingerprint density at radius 2 is 1.66 bits per heavy atom. The summed E-state index contributed by atoms with van der Waals surface area (Å²) in [5.41, 5.74) is 8.79. The zero-order valence-electron chi connectivity index (χ0n) is 23.1. The highest BCUT2D eigenvalue weighted by atomic mass is 16.4. The van der Waals surface area contributed by atoms with E-state index in [1.165, 1.54) is 0 Å².